The average molecular weight is 830 g/mol. The fourth-order valence-electron chi connectivity index (χ4n) is 6.18. The zero-order chi connectivity index (χ0) is 40.7. The first-order chi connectivity index (χ1) is 26.2. The highest BCUT2D eigenvalue weighted by molar-refractivity contribution is 7.87. The summed E-state index contributed by atoms with van der Waals surface area (Å²) in [6.07, 6.45) is -3.94. The number of carbonyl (C=O) groups is 3. The minimum atomic E-state index is -4.64. The van der Waals surface area contributed by atoms with E-state index in [0.717, 1.165) is 9.87 Å². The summed E-state index contributed by atoms with van der Waals surface area (Å²) in [4.78, 5) is 50.8. The molecule has 0 aliphatic heterocycles. The molecular formula is C34H37ClF5N9O6S. The third-order valence-corrected chi connectivity index (χ3v) is 11.2. The number of alkyl halides is 5. The lowest BCUT2D eigenvalue weighted by Crippen LogP contribution is -2.54. The number of benzene rings is 2. The first-order valence-electron chi connectivity index (χ1n) is 17.3. The molecule has 3 fully saturated rings. The van der Waals surface area contributed by atoms with Crippen molar-refractivity contribution in [1.29, 1.82) is 0 Å². The van der Waals surface area contributed by atoms with Crippen molar-refractivity contribution in [3.8, 4) is 6.01 Å². The molecule has 5 N–H and O–H groups in total. The minimum absolute atomic E-state index is 0.0173. The number of halogens is 6. The molecule has 3 aliphatic carbocycles. The van der Waals surface area contributed by atoms with Gasteiger partial charge in [0.2, 0.25) is 17.8 Å². The first-order valence-corrected chi connectivity index (χ1v) is 19.1. The Morgan fingerprint density at radius 3 is 2.18 bits per heavy atom. The van der Waals surface area contributed by atoms with Crippen molar-refractivity contribution >= 4 is 57.1 Å². The van der Waals surface area contributed by atoms with Gasteiger partial charge in [0.1, 0.15) is 5.54 Å². The van der Waals surface area contributed by atoms with Gasteiger partial charge in [-0.3, -0.25) is 14.4 Å². The number of anilines is 3. The van der Waals surface area contributed by atoms with Crippen LogP contribution in [0.25, 0.3) is 0 Å². The Balaban J connectivity index is 1.02. The molecule has 0 saturated heterocycles. The van der Waals surface area contributed by atoms with E-state index in [0.29, 0.717) is 23.6 Å². The van der Waals surface area contributed by atoms with Gasteiger partial charge >= 0.3 is 22.4 Å². The lowest BCUT2D eigenvalue weighted by Gasteiger charge is -2.21. The molecule has 56 heavy (non-hydrogen) atoms. The zero-order valence-corrected chi connectivity index (χ0v) is 31.4. The first kappa shape index (κ1) is 40.8. The Bertz CT molecular complexity index is 2090. The van der Waals surface area contributed by atoms with Gasteiger partial charge in [-0.25, -0.2) is 13.5 Å². The Morgan fingerprint density at radius 2 is 1.59 bits per heavy atom. The standard InChI is InChI=1S/C34H37ClF5N9O6S/c1-49(2)56(53,54)48-27(52)32(16-23(32)24-17-33(24,36)37)46-25(50)4-3-15-41-26(51)19-5-11-22(12-6-19)42-28-43-29(45-30(44-28)55-18-34(38,39)40)47-31(13-14-31)20-7-9-21(35)10-8-20/h5-12,23-24H,3-4,13-18H2,1-2H3,(H,41,51)(H,46,50)(H,48,52)(H2,42,43,44,45,47)/t23-,24?,32+/m0/s1. The van der Waals surface area contributed by atoms with Crippen LogP contribution < -0.4 is 30.7 Å². The van der Waals surface area contributed by atoms with E-state index in [1.807, 2.05) is 16.9 Å². The van der Waals surface area contributed by atoms with Crippen LogP contribution in [0.5, 0.6) is 6.01 Å². The smallest absolute Gasteiger partial charge is 0.422 e. The summed E-state index contributed by atoms with van der Waals surface area (Å²) in [7, 11) is -1.89. The number of hydrogen-bond donors (Lipinski definition) is 5. The predicted molar refractivity (Wildman–Crippen MR) is 191 cm³/mol. The molecule has 0 bridgehead atoms. The van der Waals surface area contributed by atoms with Crippen LogP contribution in [0.2, 0.25) is 5.02 Å². The van der Waals surface area contributed by atoms with Crippen LogP contribution >= 0.6 is 11.6 Å². The summed E-state index contributed by atoms with van der Waals surface area (Å²) < 4.78 is 98.3. The van der Waals surface area contributed by atoms with E-state index in [-0.39, 0.29) is 43.3 Å². The van der Waals surface area contributed by atoms with Gasteiger partial charge in [0, 0.05) is 61.6 Å². The second-order valence-corrected chi connectivity index (χ2v) is 16.4. The Kier molecular flexibility index (Phi) is 11.1. The van der Waals surface area contributed by atoms with Crippen LogP contribution in [0.4, 0.5) is 39.5 Å². The lowest BCUT2D eigenvalue weighted by atomic mass is 10.1. The number of ether oxygens (including phenoxy) is 1. The molecule has 0 radical (unpaired) electrons. The number of nitrogens with one attached hydrogen (secondary N) is 5. The summed E-state index contributed by atoms with van der Waals surface area (Å²) in [5.41, 5.74) is -0.882. The molecule has 1 unspecified atom stereocenters. The van der Waals surface area contributed by atoms with Crippen LogP contribution in [0, 0.1) is 11.8 Å². The molecule has 3 aromatic rings. The number of aromatic nitrogens is 3. The summed E-state index contributed by atoms with van der Waals surface area (Å²) >= 11 is 6.02. The number of nitrogens with zero attached hydrogens (tertiary/aromatic N) is 4. The second kappa shape index (κ2) is 15.2. The van der Waals surface area contributed by atoms with Crippen LogP contribution in [-0.4, -0.2) is 90.3 Å². The van der Waals surface area contributed by atoms with Crippen LogP contribution in [0.15, 0.2) is 48.5 Å². The highest BCUT2D eigenvalue weighted by Gasteiger charge is 2.74. The molecule has 302 valence electrons. The van der Waals surface area contributed by atoms with Gasteiger partial charge in [-0.15, -0.1) is 0 Å². The SMILES string of the molecule is CN(C)S(=O)(=O)NC(=O)[C@@]1(NC(=O)CCCNC(=O)c2ccc(Nc3nc(NC4(c5ccc(Cl)cc5)CC4)nc(OCC(F)(F)F)n3)cc2)C[C@H]1C1CC1(F)F. The third-order valence-electron chi connectivity index (χ3n) is 9.59. The molecule has 0 spiro atoms. The van der Waals surface area contributed by atoms with E-state index in [1.54, 1.807) is 12.1 Å². The maximum Gasteiger partial charge on any atom is 0.422 e. The highest BCUT2D eigenvalue weighted by Crippen LogP contribution is 2.64. The molecule has 3 amide bonds. The number of hydrogen-bond acceptors (Lipinski definition) is 11. The molecule has 3 aliphatic rings. The second-order valence-electron chi connectivity index (χ2n) is 14.1. The molecule has 1 aromatic heterocycles. The van der Waals surface area contributed by atoms with Crippen LogP contribution in [0.3, 0.4) is 0 Å². The molecule has 15 nitrogen and oxygen atoms in total. The normalized spacial score (nSPS) is 21.7. The van der Waals surface area contributed by atoms with Crippen molar-refractivity contribution in [2.45, 2.75) is 61.7 Å². The highest BCUT2D eigenvalue weighted by atomic mass is 35.5. The summed E-state index contributed by atoms with van der Waals surface area (Å²) in [6, 6.07) is 12.4. The van der Waals surface area contributed by atoms with Gasteiger partial charge in [-0.2, -0.15) is 40.8 Å². The molecule has 3 atom stereocenters. The Morgan fingerprint density at radius 1 is 0.946 bits per heavy atom. The average Bonchev–Trinajstić information content (AvgIpc) is 4.07. The van der Waals surface area contributed by atoms with E-state index >= 15 is 0 Å². The van der Waals surface area contributed by atoms with Crippen molar-refractivity contribution < 1.29 is 49.5 Å². The Hall–Kier alpha value is -4.89. The van der Waals surface area contributed by atoms with E-state index in [4.69, 9.17) is 16.3 Å². The monoisotopic (exact) mass is 829 g/mol. The lowest BCUT2D eigenvalue weighted by molar-refractivity contribution is -0.154. The summed E-state index contributed by atoms with van der Waals surface area (Å²) in [5, 5.41) is 11.7. The summed E-state index contributed by atoms with van der Waals surface area (Å²) in [6.45, 7) is -1.61. The van der Waals surface area contributed by atoms with Crippen molar-refractivity contribution in [3.05, 3.63) is 64.7 Å². The van der Waals surface area contributed by atoms with Crippen molar-refractivity contribution in [3.63, 3.8) is 0 Å². The van der Waals surface area contributed by atoms with Gasteiger partial charge in [0.15, 0.2) is 6.61 Å². The van der Waals surface area contributed by atoms with E-state index in [1.165, 1.54) is 38.4 Å². The molecular weight excluding hydrogens is 793 g/mol. The maximum absolute atomic E-state index is 13.8. The summed E-state index contributed by atoms with van der Waals surface area (Å²) in [5.74, 6) is -7.54. The number of carbonyl (C=O) groups excluding carboxylic acids is 3. The quantitative estimate of drug-likeness (QED) is 0.0963. The van der Waals surface area contributed by atoms with Gasteiger partial charge in [-0.1, -0.05) is 23.7 Å². The topological polar surface area (TPSA) is 197 Å². The van der Waals surface area contributed by atoms with Crippen molar-refractivity contribution in [1.82, 2.24) is 34.6 Å². The Labute approximate surface area is 322 Å². The number of amides is 3. The van der Waals surface area contributed by atoms with E-state index < -0.39 is 82.0 Å². The largest absolute Gasteiger partial charge is 0.454 e. The molecule has 3 saturated carbocycles. The van der Waals surface area contributed by atoms with Gasteiger partial charge < -0.3 is 26.0 Å². The fraction of sp³-hybridized carbons (Fsp3) is 0.471. The molecule has 2 aromatic carbocycles. The minimum Gasteiger partial charge on any atom is -0.454 e. The van der Waals surface area contributed by atoms with E-state index in [9.17, 15) is 44.8 Å². The molecule has 6 rings (SSSR count). The predicted octanol–water partition coefficient (Wildman–Crippen LogP) is 4.27. The molecule has 1 heterocycles. The van der Waals surface area contributed by atoms with E-state index in [2.05, 4.69) is 36.2 Å². The van der Waals surface area contributed by atoms with Gasteiger partial charge in [0.05, 0.1) is 5.54 Å². The van der Waals surface area contributed by atoms with Crippen LogP contribution in [0.1, 0.15) is 54.4 Å². The maximum atomic E-state index is 13.8. The zero-order valence-electron chi connectivity index (χ0n) is 29.8. The third kappa shape index (κ3) is 9.73. The van der Waals surface area contributed by atoms with Crippen molar-refractivity contribution in [2.24, 2.45) is 11.8 Å². The fourth-order valence-corrected chi connectivity index (χ4v) is 6.90. The number of rotatable bonds is 17. The van der Waals surface area contributed by atoms with Crippen LogP contribution in [-0.2, 0) is 25.3 Å². The van der Waals surface area contributed by atoms with Gasteiger partial charge in [0.25, 0.3) is 17.7 Å². The van der Waals surface area contributed by atoms with Gasteiger partial charge in [-0.05, 0) is 67.6 Å². The van der Waals surface area contributed by atoms with Crippen molar-refractivity contribution in [2.75, 3.05) is 37.9 Å². The molecule has 22 heteroatoms.